The molecule has 1 aliphatic heterocycles. The van der Waals surface area contributed by atoms with Crippen LogP contribution in [0.1, 0.15) is 31.4 Å². The molecule has 0 aromatic heterocycles. The van der Waals surface area contributed by atoms with Crippen molar-refractivity contribution in [3.8, 4) is 0 Å². The van der Waals surface area contributed by atoms with Crippen LogP contribution in [-0.2, 0) is 4.79 Å². The first kappa shape index (κ1) is 12.1. The fourth-order valence-electron chi connectivity index (χ4n) is 2.18. The lowest BCUT2D eigenvalue weighted by molar-refractivity contribution is -0.133. The highest BCUT2D eigenvalue weighted by atomic mass is 16.2. The van der Waals surface area contributed by atoms with Crippen molar-refractivity contribution in [3.05, 3.63) is 35.9 Å². The van der Waals surface area contributed by atoms with Gasteiger partial charge in [0.1, 0.15) is 0 Å². The van der Waals surface area contributed by atoms with Crippen LogP contribution in [0.4, 0.5) is 0 Å². The number of piperazine rings is 1. The number of hydrogen-bond acceptors (Lipinski definition) is 2. The molecule has 0 saturated carbocycles. The third-order valence-electron chi connectivity index (χ3n) is 3.24. The van der Waals surface area contributed by atoms with Gasteiger partial charge in [0.05, 0.1) is 12.6 Å². The third-order valence-corrected chi connectivity index (χ3v) is 3.24. The lowest BCUT2D eigenvalue weighted by Crippen LogP contribution is -2.50. The molecule has 1 atom stereocenters. The van der Waals surface area contributed by atoms with Crippen molar-refractivity contribution in [2.45, 2.75) is 25.8 Å². The number of carbonyl (C=O) groups excluding carboxylic acids is 1. The molecule has 0 bridgehead atoms. The van der Waals surface area contributed by atoms with Crippen LogP contribution in [0.5, 0.6) is 0 Å². The van der Waals surface area contributed by atoms with Crippen LogP contribution < -0.4 is 5.32 Å². The maximum absolute atomic E-state index is 11.7. The Morgan fingerprint density at radius 1 is 1.35 bits per heavy atom. The minimum Gasteiger partial charge on any atom is -0.340 e. The highest BCUT2D eigenvalue weighted by Gasteiger charge is 2.25. The van der Waals surface area contributed by atoms with Gasteiger partial charge >= 0.3 is 0 Å². The van der Waals surface area contributed by atoms with Crippen LogP contribution in [0.25, 0.3) is 0 Å². The molecule has 3 heteroatoms. The summed E-state index contributed by atoms with van der Waals surface area (Å²) >= 11 is 0. The molecule has 1 aliphatic rings. The Bertz CT molecular complexity index is 364. The largest absolute Gasteiger partial charge is 0.340 e. The molecule has 1 aromatic carbocycles. The second-order valence-electron chi connectivity index (χ2n) is 4.54. The van der Waals surface area contributed by atoms with Crippen molar-refractivity contribution in [1.82, 2.24) is 10.2 Å². The summed E-state index contributed by atoms with van der Waals surface area (Å²) in [6, 6.07) is 10.6. The molecule has 1 N–H and O–H groups in total. The van der Waals surface area contributed by atoms with Gasteiger partial charge in [-0.1, -0.05) is 43.7 Å². The lowest BCUT2D eigenvalue weighted by atomic mass is 10.0. The maximum Gasteiger partial charge on any atom is 0.236 e. The predicted molar refractivity (Wildman–Crippen MR) is 68.7 cm³/mol. The molecule has 1 fully saturated rings. The van der Waals surface area contributed by atoms with Gasteiger partial charge in [-0.05, 0) is 12.0 Å². The first-order chi connectivity index (χ1) is 8.31. The summed E-state index contributed by atoms with van der Waals surface area (Å²) in [6.45, 7) is 4.30. The summed E-state index contributed by atoms with van der Waals surface area (Å²) in [5, 5.41) is 3.30. The van der Waals surface area contributed by atoms with E-state index in [0.717, 1.165) is 25.9 Å². The number of hydrogen-bond donors (Lipinski definition) is 1. The minimum absolute atomic E-state index is 0.227. The number of amides is 1. The summed E-state index contributed by atoms with van der Waals surface area (Å²) in [5.74, 6) is 0.227. The number of nitrogens with zero attached hydrogens (tertiary/aromatic N) is 1. The molecule has 1 amide bonds. The van der Waals surface area contributed by atoms with E-state index in [4.69, 9.17) is 0 Å². The molecule has 1 heterocycles. The molecular weight excluding hydrogens is 212 g/mol. The lowest BCUT2D eigenvalue weighted by Gasteiger charge is -2.33. The predicted octanol–water partition coefficient (Wildman–Crippen LogP) is 1.96. The second-order valence-corrected chi connectivity index (χ2v) is 4.54. The highest BCUT2D eigenvalue weighted by Crippen LogP contribution is 2.17. The van der Waals surface area contributed by atoms with E-state index in [1.807, 2.05) is 23.1 Å². The normalized spacial score (nSPS) is 20.6. The number of rotatable bonds is 4. The van der Waals surface area contributed by atoms with E-state index in [9.17, 15) is 4.79 Å². The number of unbranched alkanes of at least 4 members (excludes halogenated alkanes) is 1. The van der Waals surface area contributed by atoms with E-state index in [1.54, 1.807) is 0 Å². The number of nitrogens with one attached hydrogen (secondary N) is 1. The Labute approximate surface area is 103 Å². The van der Waals surface area contributed by atoms with Gasteiger partial charge in [0.25, 0.3) is 0 Å². The molecule has 1 saturated heterocycles. The standard InChI is InChI=1S/C14H20N2O/c1-2-3-9-16-11-13(15-10-14(16)17)12-7-5-4-6-8-12/h4-8,13,15H,2-3,9-11H2,1H3/t13-/m0/s1. The van der Waals surface area contributed by atoms with Gasteiger partial charge in [0.2, 0.25) is 5.91 Å². The van der Waals surface area contributed by atoms with Crippen molar-refractivity contribution < 1.29 is 4.79 Å². The first-order valence-corrected chi connectivity index (χ1v) is 6.37. The van der Waals surface area contributed by atoms with E-state index in [2.05, 4.69) is 24.4 Å². The van der Waals surface area contributed by atoms with Gasteiger partial charge in [-0.2, -0.15) is 0 Å². The van der Waals surface area contributed by atoms with Gasteiger partial charge < -0.3 is 4.90 Å². The van der Waals surface area contributed by atoms with Crippen LogP contribution >= 0.6 is 0 Å². The SMILES string of the molecule is CCCCN1C[C@@H](c2ccccc2)NCC1=O. The Morgan fingerprint density at radius 2 is 2.12 bits per heavy atom. The molecule has 0 spiro atoms. The van der Waals surface area contributed by atoms with Crippen molar-refractivity contribution in [2.24, 2.45) is 0 Å². The smallest absolute Gasteiger partial charge is 0.236 e. The van der Waals surface area contributed by atoms with E-state index >= 15 is 0 Å². The molecular formula is C14H20N2O. The van der Waals surface area contributed by atoms with Crippen LogP contribution in [0.15, 0.2) is 30.3 Å². The van der Waals surface area contributed by atoms with Crippen LogP contribution in [-0.4, -0.2) is 30.4 Å². The number of benzene rings is 1. The number of carbonyl (C=O) groups is 1. The Kier molecular flexibility index (Phi) is 4.15. The van der Waals surface area contributed by atoms with E-state index in [0.29, 0.717) is 6.54 Å². The van der Waals surface area contributed by atoms with E-state index < -0.39 is 0 Å². The Hall–Kier alpha value is -1.35. The second kappa shape index (κ2) is 5.82. The van der Waals surface area contributed by atoms with E-state index in [-0.39, 0.29) is 11.9 Å². The van der Waals surface area contributed by atoms with Gasteiger partial charge in [-0.3, -0.25) is 10.1 Å². The molecule has 0 aliphatic carbocycles. The quantitative estimate of drug-likeness (QED) is 0.860. The molecule has 92 valence electrons. The van der Waals surface area contributed by atoms with Crippen molar-refractivity contribution in [3.63, 3.8) is 0 Å². The molecule has 2 rings (SSSR count). The maximum atomic E-state index is 11.7. The highest BCUT2D eigenvalue weighted by molar-refractivity contribution is 5.79. The van der Waals surface area contributed by atoms with Crippen LogP contribution in [0.3, 0.4) is 0 Å². The summed E-state index contributed by atoms with van der Waals surface area (Å²) in [5.41, 5.74) is 1.27. The average molecular weight is 232 g/mol. The monoisotopic (exact) mass is 232 g/mol. The molecule has 17 heavy (non-hydrogen) atoms. The van der Waals surface area contributed by atoms with Gasteiger partial charge in [0.15, 0.2) is 0 Å². The van der Waals surface area contributed by atoms with Gasteiger partial charge in [0, 0.05) is 13.1 Å². The van der Waals surface area contributed by atoms with Gasteiger partial charge in [-0.25, -0.2) is 0 Å². The average Bonchev–Trinajstić information content (AvgIpc) is 2.39. The van der Waals surface area contributed by atoms with Crippen molar-refractivity contribution in [2.75, 3.05) is 19.6 Å². The Balaban J connectivity index is 2.00. The molecule has 3 nitrogen and oxygen atoms in total. The third kappa shape index (κ3) is 3.07. The fourth-order valence-corrected chi connectivity index (χ4v) is 2.18. The van der Waals surface area contributed by atoms with Crippen LogP contribution in [0.2, 0.25) is 0 Å². The zero-order valence-corrected chi connectivity index (χ0v) is 10.4. The summed E-state index contributed by atoms with van der Waals surface area (Å²) in [4.78, 5) is 13.7. The van der Waals surface area contributed by atoms with Gasteiger partial charge in [-0.15, -0.1) is 0 Å². The summed E-state index contributed by atoms with van der Waals surface area (Å²) in [7, 11) is 0. The summed E-state index contributed by atoms with van der Waals surface area (Å²) < 4.78 is 0. The van der Waals surface area contributed by atoms with E-state index in [1.165, 1.54) is 5.56 Å². The van der Waals surface area contributed by atoms with Crippen molar-refractivity contribution >= 4 is 5.91 Å². The zero-order valence-electron chi connectivity index (χ0n) is 10.4. The van der Waals surface area contributed by atoms with Crippen LogP contribution in [0, 0.1) is 0 Å². The summed E-state index contributed by atoms with van der Waals surface area (Å²) in [6.07, 6.45) is 2.22. The first-order valence-electron chi connectivity index (χ1n) is 6.37. The minimum atomic E-state index is 0.227. The molecule has 0 radical (unpaired) electrons. The topological polar surface area (TPSA) is 32.3 Å². The zero-order chi connectivity index (χ0) is 12.1. The molecule has 0 unspecified atom stereocenters. The van der Waals surface area contributed by atoms with Crippen molar-refractivity contribution in [1.29, 1.82) is 0 Å². The molecule has 1 aromatic rings. The fraction of sp³-hybridized carbons (Fsp3) is 0.500. The Morgan fingerprint density at radius 3 is 2.82 bits per heavy atom.